The van der Waals surface area contributed by atoms with Crippen LogP contribution in [0.4, 0.5) is 0 Å². The van der Waals surface area contributed by atoms with Gasteiger partial charge < -0.3 is 20.1 Å². The summed E-state index contributed by atoms with van der Waals surface area (Å²) in [6.07, 6.45) is 12.4. The van der Waals surface area contributed by atoms with Gasteiger partial charge in [0.15, 0.2) is 0 Å². The predicted octanol–water partition coefficient (Wildman–Crippen LogP) is 4.94. The standard InChI is InChI=1S/C27H44O4/c1-18-22(17-28)15-20(16-25(18)29)8-9-21-7-6-12-27(5)23(10-11-24(21)27)19(2)31-14-13-26(3,4)30/h8-9,19,22-25,28-30H,1,6-7,10-17H2,2-5H3/t19-,22-,23+,24-,25+,27+/m0/s1. The van der Waals surface area contributed by atoms with Crippen LogP contribution in [0.5, 0.6) is 0 Å². The second-order valence-corrected chi connectivity index (χ2v) is 11.2. The van der Waals surface area contributed by atoms with E-state index in [2.05, 4.69) is 32.6 Å². The number of hydrogen-bond acceptors (Lipinski definition) is 4. The van der Waals surface area contributed by atoms with Crippen molar-refractivity contribution in [1.82, 2.24) is 0 Å². The zero-order valence-corrected chi connectivity index (χ0v) is 20.1. The number of ether oxygens (including phenoxy) is 1. The number of allylic oxidation sites excluding steroid dienone is 3. The molecule has 0 saturated heterocycles. The lowest BCUT2D eigenvalue weighted by atomic mass is 9.62. The van der Waals surface area contributed by atoms with Crippen LogP contribution in [0.1, 0.15) is 79.1 Å². The average molecular weight is 433 g/mol. The van der Waals surface area contributed by atoms with Crippen LogP contribution < -0.4 is 0 Å². The number of hydrogen-bond donors (Lipinski definition) is 3. The SMILES string of the molecule is C=C1[C@H](CO)CC(=CC=C2CCC[C@]3(C)[C@@H]([C@H](C)OCCC(C)(C)O)CC[C@@H]23)C[C@H]1O. The Bertz CT molecular complexity index is 701. The van der Waals surface area contributed by atoms with Gasteiger partial charge >= 0.3 is 0 Å². The third-order valence-electron chi connectivity index (χ3n) is 8.37. The fourth-order valence-corrected chi connectivity index (χ4v) is 6.39. The van der Waals surface area contributed by atoms with Crippen LogP contribution in [0.3, 0.4) is 0 Å². The van der Waals surface area contributed by atoms with Gasteiger partial charge in [-0.2, -0.15) is 0 Å². The summed E-state index contributed by atoms with van der Waals surface area (Å²) < 4.78 is 6.20. The molecule has 3 fully saturated rings. The highest BCUT2D eigenvalue weighted by Crippen LogP contribution is 2.58. The lowest BCUT2D eigenvalue weighted by Crippen LogP contribution is -2.39. The number of rotatable bonds is 7. The highest BCUT2D eigenvalue weighted by Gasteiger charge is 2.51. The van der Waals surface area contributed by atoms with E-state index < -0.39 is 11.7 Å². The van der Waals surface area contributed by atoms with Crippen molar-refractivity contribution in [3.8, 4) is 0 Å². The molecule has 0 bridgehead atoms. The van der Waals surface area contributed by atoms with Crippen molar-refractivity contribution in [1.29, 1.82) is 0 Å². The van der Waals surface area contributed by atoms with E-state index in [1.807, 2.05) is 13.8 Å². The zero-order chi connectivity index (χ0) is 22.8. The molecule has 0 aliphatic heterocycles. The van der Waals surface area contributed by atoms with Crippen molar-refractivity contribution in [2.75, 3.05) is 13.2 Å². The topological polar surface area (TPSA) is 69.9 Å². The molecule has 0 radical (unpaired) electrons. The van der Waals surface area contributed by atoms with Crippen molar-refractivity contribution in [2.24, 2.45) is 23.2 Å². The van der Waals surface area contributed by atoms with Gasteiger partial charge in [-0.15, -0.1) is 0 Å². The summed E-state index contributed by atoms with van der Waals surface area (Å²) in [5.74, 6) is 1.12. The van der Waals surface area contributed by atoms with Gasteiger partial charge in [0.2, 0.25) is 0 Å². The molecule has 3 saturated carbocycles. The van der Waals surface area contributed by atoms with Crippen LogP contribution in [0.25, 0.3) is 0 Å². The van der Waals surface area contributed by atoms with Crippen LogP contribution in [0.2, 0.25) is 0 Å². The molecule has 176 valence electrons. The summed E-state index contributed by atoms with van der Waals surface area (Å²) in [5, 5.41) is 29.9. The predicted molar refractivity (Wildman–Crippen MR) is 126 cm³/mol. The van der Waals surface area contributed by atoms with E-state index in [0.717, 1.165) is 18.4 Å². The lowest BCUT2D eigenvalue weighted by Gasteiger charge is -2.44. The summed E-state index contributed by atoms with van der Waals surface area (Å²) in [4.78, 5) is 0. The van der Waals surface area contributed by atoms with Crippen molar-refractivity contribution in [3.63, 3.8) is 0 Å². The molecular formula is C27H44O4. The Balaban J connectivity index is 1.68. The number of fused-ring (bicyclic) bond motifs is 1. The molecule has 0 aromatic carbocycles. The minimum atomic E-state index is -0.676. The molecule has 4 heteroatoms. The maximum absolute atomic E-state index is 10.3. The highest BCUT2D eigenvalue weighted by molar-refractivity contribution is 5.29. The fraction of sp³-hybridized carbons (Fsp3) is 0.778. The van der Waals surface area contributed by atoms with Gasteiger partial charge in [0, 0.05) is 19.1 Å². The monoisotopic (exact) mass is 432 g/mol. The molecule has 3 aliphatic carbocycles. The van der Waals surface area contributed by atoms with E-state index in [-0.39, 0.29) is 24.0 Å². The van der Waals surface area contributed by atoms with E-state index in [9.17, 15) is 15.3 Å². The average Bonchev–Trinajstić information content (AvgIpc) is 3.05. The number of aliphatic hydroxyl groups is 3. The molecule has 6 atom stereocenters. The summed E-state index contributed by atoms with van der Waals surface area (Å²) >= 11 is 0. The van der Waals surface area contributed by atoms with Crippen LogP contribution in [-0.2, 0) is 4.74 Å². The first-order valence-electron chi connectivity index (χ1n) is 12.2. The lowest BCUT2D eigenvalue weighted by molar-refractivity contribution is -0.0454. The smallest absolute Gasteiger partial charge is 0.0788 e. The summed E-state index contributed by atoms with van der Waals surface area (Å²) in [6.45, 7) is 13.0. The molecule has 0 amide bonds. The first-order chi connectivity index (χ1) is 14.5. The molecule has 0 heterocycles. The van der Waals surface area contributed by atoms with Gasteiger partial charge in [0.05, 0.1) is 17.8 Å². The summed E-state index contributed by atoms with van der Waals surface area (Å²) in [6, 6.07) is 0. The van der Waals surface area contributed by atoms with Gasteiger partial charge in [0.25, 0.3) is 0 Å². The molecule has 3 rings (SSSR count). The molecule has 0 unspecified atom stereocenters. The van der Waals surface area contributed by atoms with Crippen molar-refractivity contribution in [3.05, 3.63) is 35.5 Å². The first kappa shape index (κ1) is 24.7. The minimum Gasteiger partial charge on any atom is -0.396 e. The Morgan fingerprint density at radius 1 is 1.26 bits per heavy atom. The summed E-state index contributed by atoms with van der Waals surface area (Å²) in [7, 11) is 0. The van der Waals surface area contributed by atoms with E-state index in [1.165, 1.54) is 31.3 Å². The van der Waals surface area contributed by atoms with Gasteiger partial charge in [-0.3, -0.25) is 0 Å². The van der Waals surface area contributed by atoms with Gasteiger partial charge in [0.1, 0.15) is 0 Å². The molecule has 31 heavy (non-hydrogen) atoms. The first-order valence-corrected chi connectivity index (χ1v) is 12.2. The van der Waals surface area contributed by atoms with Gasteiger partial charge in [-0.1, -0.05) is 36.8 Å². The normalized spacial score (nSPS) is 38.0. The minimum absolute atomic E-state index is 0.0252. The molecule has 3 N–H and O–H groups in total. The number of aliphatic hydroxyl groups excluding tert-OH is 2. The third-order valence-corrected chi connectivity index (χ3v) is 8.37. The Morgan fingerprint density at radius 2 is 2.00 bits per heavy atom. The van der Waals surface area contributed by atoms with Crippen molar-refractivity contribution >= 4 is 0 Å². The third kappa shape index (κ3) is 5.71. The molecule has 4 nitrogen and oxygen atoms in total. The molecule has 0 aromatic rings. The highest BCUT2D eigenvalue weighted by atomic mass is 16.5. The van der Waals surface area contributed by atoms with Crippen LogP contribution in [0.15, 0.2) is 35.5 Å². The van der Waals surface area contributed by atoms with E-state index in [1.54, 1.807) is 5.57 Å². The van der Waals surface area contributed by atoms with Gasteiger partial charge in [-0.05, 0) is 95.0 Å². The van der Waals surface area contributed by atoms with Crippen LogP contribution in [-0.4, -0.2) is 46.3 Å². The molecular weight excluding hydrogens is 388 g/mol. The zero-order valence-electron chi connectivity index (χ0n) is 20.1. The molecule has 0 aromatic heterocycles. The van der Waals surface area contributed by atoms with Crippen LogP contribution in [0, 0.1) is 23.2 Å². The Labute approximate surface area is 189 Å². The largest absolute Gasteiger partial charge is 0.396 e. The Morgan fingerprint density at radius 3 is 2.68 bits per heavy atom. The fourth-order valence-electron chi connectivity index (χ4n) is 6.39. The summed E-state index contributed by atoms with van der Waals surface area (Å²) in [5.41, 5.74) is 3.13. The van der Waals surface area contributed by atoms with Crippen molar-refractivity contribution in [2.45, 2.75) is 96.9 Å². The second kappa shape index (κ2) is 9.91. The Kier molecular flexibility index (Phi) is 7.89. The quantitative estimate of drug-likeness (QED) is 0.498. The van der Waals surface area contributed by atoms with E-state index >= 15 is 0 Å². The van der Waals surface area contributed by atoms with Crippen LogP contribution >= 0.6 is 0 Å². The van der Waals surface area contributed by atoms with Crippen molar-refractivity contribution < 1.29 is 20.1 Å². The van der Waals surface area contributed by atoms with E-state index in [0.29, 0.717) is 31.3 Å². The Hall–Kier alpha value is -0.940. The van der Waals surface area contributed by atoms with Gasteiger partial charge in [-0.25, -0.2) is 0 Å². The van der Waals surface area contributed by atoms with E-state index in [4.69, 9.17) is 4.74 Å². The second-order valence-electron chi connectivity index (χ2n) is 11.2. The maximum atomic E-state index is 10.3. The molecule has 3 aliphatic rings. The maximum Gasteiger partial charge on any atom is 0.0788 e. The molecule has 0 spiro atoms.